The average molecular weight is 225 g/mol. The summed E-state index contributed by atoms with van der Waals surface area (Å²) in [5.74, 6) is -0.648. The minimum atomic E-state index is -0.789. The van der Waals surface area contributed by atoms with Crippen molar-refractivity contribution in [2.75, 3.05) is 13.1 Å². The van der Waals surface area contributed by atoms with Gasteiger partial charge in [0.05, 0.1) is 12.0 Å². The van der Waals surface area contributed by atoms with Crippen LogP contribution in [-0.4, -0.2) is 35.0 Å². The van der Waals surface area contributed by atoms with Crippen molar-refractivity contribution in [3.05, 3.63) is 22.4 Å². The molecule has 2 rings (SSSR count). The van der Waals surface area contributed by atoms with Crippen molar-refractivity contribution in [1.82, 2.24) is 4.90 Å². The van der Waals surface area contributed by atoms with Gasteiger partial charge in [-0.25, -0.2) is 0 Å². The Morgan fingerprint density at radius 1 is 1.53 bits per heavy atom. The molecular weight excluding hydrogens is 214 g/mol. The Bertz CT molecular complexity index is 368. The van der Waals surface area contributed by atoms with Crippen LogP contribution in [0.15, 0.2) is 16.8 Å². The molecule has 0 spiro atoms. The third kappa shape index (κ3) is 2.18. The molecule has 1 aliphatic rings. The highest BCUT2D eigenvalue weighted by Gasteiger charge is 2.32. The highest BCUT2D eigenvalue weighted by Crippen LogP contribution is 2.22. The van der Waals surface area contributed by atoms with Crippen LogP contribution in [0.1, 0.15) is 16.8 Å². The molecule has 1 N–H and O–H groups in total. The molecule has 0 radical (unpaired) electrons. The van der Waals surface area contributed by atoms with E-state index in [-0.39, 0.29) is 18.2 Å². The molecule has 5 heteroatoms. The third-order valence-corrected chi connectivity index (χ3v) is 3.16. The summed E-state index contributed by atoms with van der Waals surface area (Å²) in [6.07, 6.45) is 0.160. The molecule has 0 aliphatic carbocycles. The molecule has 0 bridgehead atoms. The molecule has 1 amide bonds. The van der Waals surface area contributed by atoms with Gasteiger partial charge in [0.1, 0.15) is 0 Å². The molecule has 0 aromatic carbocycles. The Hall–Kier alpha value is -1.36. The topological polar surface area (TPSA) is 57.6 Å². The molecule has 0 atom stereocenters. The van der Waals surface area contributed by atoms with Gasteiger partial charge in [0.2, 0.25) is 0 Å². The maximum absolute atomic E-state index is 11.7. The lowest BCUT2D eigenvalue weighted by Crippen LogP contribution is -2.50. The van der Waals surface area contributed by atoms with Gasteiger partial charge in [-0.05, 0) is 11.4 Å². The lowest BCUT2D eigenvalue weighted by Gasteiger charge is -2.38. The van der Waals surface area contributed by atoms with Gasteiger partial charge in [-0.2, -0.15) is 11.3 Å². The monoisotopic (exact) mass is 225 g/mol. The number of aliphatic carboxylic acids is 1. The van der Waals surface area contributed by atoms with E-state index in [1.165, 1.54) is 11.3 Å². The predicted octanol–water partition coefficient (Wildman–Crippen LogP) is 1.29. The average Bonchev–Trinajstić information content (AvgIpc) is 2.61. The van der Waals surface area contributed by atoms with Crippen molar-refractivity contribution < 1.29 is 14.7 Å². The number of amides is 1. The molecule has 0 unspecified atom stereocenters. The molecule has 0 saturated carbocycles. The molecule has 80 valence electrons. The van der Waals surface area contributed by atoms with Crippen LogP contribution in [0, 0.1) is 5.92 Å². The zero-order chi connectivity index (χ0) is 10.8. The Morgan fingerprint density at radius 3 is 2.80 bits per heavy atom. The number of thiophene rings is 1. The molecular formula is C10H11NO3S. The van der Waals surface area contributed by atoms with Gasteiger partial charge >= 0.3 is 5.97 Å². The summed E-state index contributed by atoms with van der Waals surface area (Å²) in [7, 11) is 0. The van der Waals surface area contributed by atoms with E-state index in [0.29, 0.717) is 18.7 Å². The molecule has 1 aromatic heterocycles. The van der Waals surface area contributed by atoms with Crippen molar-refractivity contribution in [1.29, 1.82) is 0 Å². The van der Waals surface area contributed by atoms with Gasteiger partial charge in [-0.15, -0.1) is 0 Å². The number of nitrogens with zero attached hydrogens (tertiary/aromatic N) is 1. The van der Waals surface area contributed by atoms with E-state index in [0.717, 1.165) is 0 Å². The molecule has 15 heavy (non-hydrogen) atoms. The van der Waals surface area contributed by atoms with E-state index in [2.05, 4.69) is 0 Å². The second-order valence-electron chi connectivity index (χ2n) is 3.69. The van der Waals surface area contributed by atoms with E-state index in [1.807, 2.05) is 10.8 Å². The maximum Gasteiger partial charge on any atom is 0.303 e. The summed E-state index contributed by atoms with van der Waals surface area (Å²) in [6.45, 7) is 1.14. The largest absolute Gasteiger partial charge is 0.481 e. The van der Waals surface area contributed by atoms with Crippen LogP contribution < -0.4 is 0 Å². The molecule has 4 nitrogen and oxygen atoms in total. The fourth-order valence-corrected chi connectivity index (χ4v) is 2.31. The van der Waals surface area contributed by atoms with Gasteiger partial charge in [-0.1, -0.05) is 0 Å². The Morgan fingerprint density at radius 2 is 2.27 bits per heavy atom. The first-order chi connectivity index (χ1) is 7.16. The summed E-state index contributed by atoms with van der Waals surface area (Å²) < 4.78 is 0. The first-order valence-corrected chi connectivity index (χ1v) is 5.64. The van der Waals surface area contributed by atoms with Crippen molar-refractivity contribution in [2.24, 2.45) is 5.92 Å². The standard InChI is InChI=1S/C10H11NO3S/c12-9(13)3-7-4-11(5-7)10(14)8-1-2-15-6-8/h1-2,6-7H,3-5H2,(H,12,13). The van der Waals surface area contributed by atoms with Gasteiger partial charge in [0, 0.05) is 24.4 Å². The summed E-state index contributed by atoms with van der Waals surface area (Å²) in [6, 6.07) is 1.79. The van der Waals surface area contributed by atoms with Crippen LogP contribution in [0.3, 0.4) is 0 Å². The number of hydrogen-bond donors (Lipinski definition) is 1. The number of carboxylic acid groups (broad SMARTS) is 1. The number of carbonyl (C=O) groups is 2. The fraction of sp³-hybridized carbons (Fsp3) is 0.400. The first-order valence-electron chi connectivity index (χ1n) is 4.70. The minimum Gasteiger partial charge on any atom is -0.481 e. The normalized spacial score (nSPS) is 16.1. The second-order valence-corrected chi connectivity index (χ2v) is 4.47. The SMILES string of the molecule is O=C(O)CC1CN(C(=O)c2ccsc2)C1. The van der Waals surface area contributed by atoms with E-state index in [1.54, 1.807) is 11.0 Å². The highest BCUT2D eigenvalue weighted by molar-refractivity contribution is 7.08. The number of rotatable bonds is 3. The number of likely N-dealkylation sites (tertiary alicyclic amines) is 1. The highest BCUT2D eigenvalue weighted by atomic mass is 32.1. The summed E-state index contributed by atoms with van der Waals surface area (Å²) in [5.41, 5.74) is 0.703. The van der Waals surface area contributed by atoms with E-state index >= 15 is 0 Å². The fourth-order valence-electron chi connectivity index (χ4n) is 1.68. The Balaban J connectivity index is 1.85. The molecule has 1 fully saturated rings. The number of hydrogen-bond acceptors (Lipinski definition) is 3. The van der Waals surface area contributed by atoms with Crippen LogP contribution in [0.5, 0.6) is 0 Å². The zero-order valence-electron chi connectivity index (χ0n) is 8.05. The molecule has 1 saturated heterocycles. The van der Waals surface area contributed by atoms with Gasteiger partial charge in [0.25, 0.3) is 5.91 Å². The van der Waals surface area contributed by atoms with Crippen molar-refractivity contribution in [2.45, 2.75) is 6.42 Å². The summed E-state index contributed by atoms with van der Waals surface area (Å²) in [5, 5.41) is 12.2. The molecule has 1 aliphatic heterocycles. The third-order valence-electron chi connectivity index (χ3n) is 2.48. The van der Waals surface area contributed by atoms with E-state index in [9.17, 15) is 9.59 Å². The summed E-state index contributed by atoms with van der Waals surface area (Å²) in [4.78, 5) is 23.8. The van der Waals surface area contributed by atoms with E-state index in [4.69, 9.17) is 5.11 Å². The van der Waals surface area contributed by atoms with E-state index < -0.39 is 5.97 Å². The van der Waals surface area contributed by atoms with Crippen molar-refractivity contribution in [3.8, 4) is 0 Å². The lowest BCUT2D eigenvalue weighted by atomic mass is 9.96. The van der Waals surface area contributed by atoms with Crippen LogP contribution >= 0.6 is 11.3 Å². The number of carboxylic acids is 1. The van der Waals surface area contributed by atoms with Gasteiger partial charge in [-0.3, -0.25) is 9.59 Å². The number of carbonyl (C=O) groups excluding carboxylic acids is 1. The molecule has 1 aromatic rings. The molecule has 2 heterocycles. The smallest absolute Gasteiger partial charge is 0.303 e. The van der Waals surface area contributed by atoms with Crippen LogP contribution in [0.25, 0.3) is 0 Å². The zero-order valence-corrected chi connectivity index (χ0v) is 8.87. The van der Waals surface area contributed by atoms with Crippen LogP contribution in [0.2, 0.25) is 0 Å². The predicted molar refractivity (Wildman–Crippen MR) is 56.0 cm³/mol. The van der Waals surface area contributed by atoms with Crippen molar-refractivity contribution in [3.63, 3.8) is 0 Å². The Labute approximate surface area is 91.1 Å². The Kier molecular flexibility index (Phi) is 2.73. The second kappa shape index (κ2) is 4.02. The lowest BCUT2D eigenvalue weighted by molar-refractivity contribution is -0.139. The maximum atomic E-state index is 11.7. The van der Waals surface area contributed by atoms with Crippen LogP contribution in [-0.2, 0) is 4.79 Å². The van der Waals surface area contributed by atoms with Gasteiger partial charge < -0.3 is 10.0 Å². The van der Waals surface area contributed by atoms with Crippen LogP contribution in [0.4, 0.5) is 0 Å². The summed E-state index contributed by atoms with van der Waals surface area (Å²) >= 11 is 1.49. The quantitative estimate of drug-likeness (QED) is 0.843. The van der Waals surface area contributed by atoms with Gasteiger partial charge in [0.15, 0.2) is 0 Å². The minimum absolute atomic E-state index is 0.0119. The first kappa shape index (κ1) is 10.2. The van der Waals surface area contributed by atoms with Crippen molar-refractivity contribution >= 4 is 23.2 Å².